The third-order valence-corrected chi connectivity index (χ3v) is 5.96. The maximum Gasteiger partial charge on any atom is 0.272 e. The summed E-state index contributed by atoms with van der Waals surface area (Å²) in [6.45, 7) is 3.00. The number of hydrogen-bond donors (Lipinski definition) is 2. The summed E-state index contributed by atoms with van der Waals surface area (Å²) in [5.41, 5.74) is 1.73. The Morgan fingerprint density at radius 2 is 0.947 bits per heavy atom. The van der Waals surface area contributed by atoms with Gasteiger partial charge in [-0.1, -0.05) is 48.5 Å². The van der Waals surface area contributed by atoms with Gasteiger partial charge in [0, 0.05) is 34.4 Å². The summed E-state index contributed by atoms with van der Waals surface area (Å²) in [5.74, 6) is 1.81. The Labute approximate surface area is 215 Å². The summed E-state index contributed by atoms with van der Waals surface area (Å²) in [6, 6.07) is 20.8. The molecule has 2 N–H and O–H groups in total. The summed E-state index contributed by atoms with van der Waals surface area (Å²) >= 11 is 0. The van der Waals surface area contributed by atoms with E-state index in [1.54, 1.807) is 72.8 Å². The van der Waals surface area contributed by atoms with Gasteiger partial charge in [-0.15, -0.1) is 0 Å². The van der Waals surface area contributed by atoms with Gasteiger partial charge in [-0.3, -0.25) is 19.2 Å². The van der Waals surface area contributed by atoms with E-state index in [1.807, 2.05) is 0 Å². The maximum absolute atomic E-state index is 12.7. The highest BCUT2D eigenvalue weighted by Crippen LogP contribution is 2.24. The first-order valence-electron chi connectivity index (χ1n) is 11.8. The molecule has 0 saturated carbocycles. The monoisotopic (exact) mass is 506 g/mol. The fraction of sp³-hybridized carbons (Fsp3) is 0.0667. The standard InChI is InChI=1S/C30H22N2O6/c1-17(33)19-3-7-21(8-4-19)27-13-11-23(37-27)15-25-29(35)32-26(30(36)31-25)16-24-12-14-28(38-24)22-9-5-20(6-10-22)18(2)34/h3-16H,1-2H3,(H,31,36)(H,32,35). The van der Waals surface area contributed by atoms with Gasteiger partial charge in [-0.25, -0.2) is 0 Å². The molecule has 8 nitrogen and oxygen atoms in total. The van der Waals surface area contributed by atoms with Gasteiger partial charge >= 0.3 is 0 Å². The minimum atomic E-state index is -0.508. The van der Waals surface area contributed by atoms with E-state index in [0.29, 0.717) is 34.2 Å². The number of benzene rings is 2. The van der Waals surface area contributed by atoms with Crippen molar-refractivity contribution in [1.82, 2.24) is 9.97 Å². The largest absolute Gasteiger partial charge is 0.457 e. The topological polar surface area (TPSA) is 126 Å². The van der Waals surface area contributed by atoms with Crippen molar-refractivity contribution < 1.29 is 18.4 Å². The lowest BCUT2D eigenvalue weighted by atomic mass is 10.1. The quantitative estimate of drug-likeness (QED) is 0.339. The van der Waals surface area contributed by atoms with Crippen molar-refractivity contribution in [2.24, 2.45) is 0 Å². The molecule has 0 amide bonds. The molecule has 0 unspecified atom stereocenters. The van der Waals surface area contributed by atoms with Crippen LogP contribution in [0.3, 0.4) is 0 Å². The van der Waals surface area contributed by atoms with E-state index in [0.717, 1.165) is 11.1 Å². The van der Waals surface area contributed by atoms with Crippen LogP contribution in [0.4, 0.5) is 0 Å². The fourth-order valence-electron chi connectivity index (χ4n) is 3.89. The van der Waals surface area contributed by atoms with Gasteiger partial charge in [-0.05, 0) is 38.1 Å². The predicted molar refractivity (Wildman–Crippen MR) is 142 cm³/mol. The van der Waals surface area contributed by atoms with Crippen molar-refractivity contribution in [3.05, 3.63) is 127 Å². The molecule has 0 saturated heterocycles. The molecule has 38 heavy (non-hydrogen) atoms. The summed E-state index contributed by atoms with van der Waals surface area (Å²) in [6.07, 6.45) is 2.88. The summed E-state index contributed by atoms with van der Waals surface area (Å²) in [7, 11) is 0. The van der Waals surface area contributed by atoms with Crippen LogP contribution in [-0.2, 0) is 0 Å². The average Bonchev–Trinajstić information content (AvgIpc) is 3.57. The van der Waals surface area contributed by atoms with E-state index in [2.05, 4.69) is 9.97 Å². The first-order chi connectivity index (χ1) is 18.3. The molecule has 0 bridgehead atoms. The lowest BCUT2D eigenvalue weighted by molar-refractivity contribution is 0.100. The number of carbonyl (C=O) groups excluding carboxylic acids is 2. The van der Waals surface area contributed by atoms with Gasteiger partial charge in [0.25, 0.3) is 11.1 Å². The number of ketones is 2. The molecule has 0 aliphatic carbocycles. The normalized spacial score (nSPS) is 12.2. The molecular formula is C30H22N2O6. The molecule has 2 aromatic carbocycles. The van der Waals surface area contributed by atoms with Crippen molar-refractivity contribution in [2.75, 3.05) is 0 Å². The lowest BCUT2D eigenvalue weighted by Crippen LogP contribution is -2.46. The smallest absolute Gasteiger partial charge is 0.272 e. The van der Waals surface area contributed by atoms with Crippen LogP contribution < -0.4 is 21.8 Å². The number of H-pyrrole nitrogens is 2. The number of rotatable bonds is 6. The molecule has 8 heteroatoms. The molecule has 0 aliphatic heterocycles. The SMILES string of the molecule is CC(=O)c1ccc(-c2ccc(C=c3[nH]c(=O)c(=Cc4ccc(-c5ccc(C(C)=O)cc5)o4)[nH]c3=O)o2)cc1. The first kappa shape index (κ1) is 24.5. The third kappa shape index (κ3) is 5.15. The van der Waals surface area contributed by atoms with Crippen LogP contribution in [0.5, 0.6) is 0 Å². The molecule has 3 heterocycles. The molecule has 0 spiro atoms. The molecule has 0 atom stereocenters. The minimum absolute atomic E-state index is 0.0261. The Morgan fingerprint density at radius 3 is 1.29 bits per heavy atom. The number of hydrogen-bond acceptors (Lipinski definition) is 6. The Balaban J connectivity index is 1.41. The van der Waals surface area contributed by atoms with Gasteiger partial charge in [0.05, 0.1) is 0 Å². The third-order valence-electron chi connectivity index (χ3n) is 5.96. The second-order valence-corrected chi connectivity index (χ2v) is 8.70. The van der Waals surface area contributed by atoms with E-state index in [1.165, 1.54) is 26.0 Å². The van der Waals surface area contributed by atoms with Crippen LogP contribution >= 0.6 is 0 Å². The molecular weight excluding hydrogens is 484 g/mol. The van der Waals surface area contributed by atoms with Crippen LogP contribution in [0.15, 0.2) is 91.2 Å². The number of aromatic amines is 2. The molecule has 3 aromatic heterocycles. The van der Waals surface area contributed by atoms with Crippen LogP contribution in [-0.4, -0.2) is 21.5 Å². The van der Waals surface area contributed by atoms with E-state index in [4.69, 9.17) is 8.83 Å². The Bertz CT molecular complexity index is 1760. The fourth-order valence-corrected chi connectivity index (χ4v) is 3.89. The van der Waals surface area contributed by atoms with E-state index < -0.39 is 11.1 Å². The number of aromatic nitrogens is 2. The highest BCUT2D eigenvalue weighted by molar-refractivity contribution is 5.95. The van der Waals surface area contributed by atoms with Crippen molar-refractivity contribution in [3.8, 4) is 22.6 Å². The highest BCUT2D eigenvalue weighted by Gasteiger charge is 2.08. The van der Waals surface area contributed by atoms with Crippen LogP contribution in [0, 0.1) is 0 Å². The van der Waals surface area contributed by atoms with Gasteiger partial charge < -0.3 is 18.8 Å². The van der Waals surface area contributed by atoms with Gasteiger partial charge in [0.1, 0.15) is 33.7 Å². The molecule has 0 fully saturated rings. The van der Waals surface area contributed by atoms with Gasteiger partial charge in [0.2, 0.25) is 0 Å². The van der Waals surface area contributed by atoms with Crippen molar-refractivity contribution in [1.29, 1.82) is 0 Å². The van der Waals surface area contributed by atoms with E-state index in [-0.39, 0.29) is 22.3 Å². The number of Topliss-reactive ketones (excluding diaryl/α,β-unsaturated/α-hetero) is 2. The zero-order chi connectivity index (χ0) is 26.8. The van der Waals surface area contributed by atoms with Crippen molar-refractivity contribution in [3.63, 3.8) is 0 Å². The number of furan rings is 2. The number of carbonyl (C=O) groups is 2. The zero-order valence-electron chi connectivity index (χ0n) is 20.5. The Kier molecular flexibility index (Phi) is 6.45. The van der Waals surface area contributed by atoms with Gasteiger partial charge in [0.15, 0.2) is 11.6 Å². The van der Waals surface area contributed by atoms with Gasteiger partial charge in [-0.2, -0.15) is 0 Å². The zero-order valence-corrected chi connectivity index (χ0v) is 20.5. The molecule has 0 radical (unpaired) electrons. The molecule has 5 rings (SSSR count). The number of nitrogens with one attached hydrogen (secondary N) is 2. The summed E-state index contributed by atoms with van der Waals surface area (Å²) in [5, 5.41) is 0.0661. The highest BCUT2D eigenvalue weighted by atomic mass is 16.3. The Hall–Kier alpha value is -5.24. The molecule has 5 aromatic rings. The van der Waals surface area contributed by atoms with E-state index >= 15 is 0 Å². The van der Waals surface area contributed by atoms with Crippen LogP contribution in [0.2, 0.25) is 0 Å². The molecule has 0 aliphatic rings. The maximum atomic E-state index is 12.7. The van der Waals surface area contributed by atoms with Crippen LogP contribution in [0.25, 0.3) is 34.8 Å². The van der Waals surface area contributed by atoms with E-state index in [9.17, 15) is 19.2 Å². The lowest BCUT2D eigenvalue weighted by Gasteiger charge is -1.99. The van der Waals surface area contributed by atoms with Crippen LogP contribution in [0.1, 0.15) is 46.1 Å². The van der Waals surface area contributed by atoms with Crippen molar-refractivity contribution >= 4 is 23.7 Å². The average molecular weight is 507 g/mol. The second-order valence-electron chi connectivity index (χ2n) is 8.70. The first-order valence-corrected chi connectivity index (χ1v) is 11.8. The second kappa shape index (κ2) is 10.0. The predicted octanol–water partition coefficient (Wildman–Crippen LogP) is 3.65. The Morgan fingerprint density at radius 1 is 0.579 bits per heavy atom. The minimum Gasteiger partial charge on any atom is -0.457 e. The summed E-state index contributed by atoms with van der Waals surface area (Å²) < 4.78 is 11.6. The van der Waals surface area contributed by atoms with Crippen molar-refractivity contribution in [2.45, 2.75) is 13.8 Å². The summed E-state index contributed by atoms with van der Waals surface area (Å²) in [4.78, 5) is 53.4. The molecule has 188 valence electrons.